The van der Waals surface area contributed by atoms with Crippen LogP contribution in [0.1, 0.15) is 71.7 Å². The third-order valence-corrected chi connectivity index (χ3v) is 10.5. The Morgan fingerprint density at radius 3 is 2.61 bits per heavy atom. The Hall–Kier alpha value is -2.85. The molecule has 5 heterocycles. The van der Waals surface area contributed by atoms with E-state index in [-0.39, 0.29) is 6.10 Å². The van der Waals surface area contributed by atoms with Crippen LogP contribution in [0.4, 0.5) is 5.13 Å². The number of carboxylic acid groups (broad SMARTS) is 1. The van der Waals surface area contributed by atoms with Crippen LogP contribution in [-0.4, -0.2) is 46.0 Å². The highest BCUT2D eigenvalue weighted by Crippen LogP contribution is 2.48. The zero-order valence-corrected chi connectivity index (χ0v) is 24.4. The van der Waals surface area contributed by atoms with Crippen LogP contribution in [0.15, 0.2) is 28.8 Å². The Morgan fingerprint density at radius 2 is 1.90 bits per heavy atom. The lowest BCUT2D eigenvalue weighted by molar-refractivity contribution is 0.0147. The molecule has 2 aromatic heterocycles. The number of anilines is 1. The molecule has 2 saturated heterocycles. The number of halogens is 2. The van der Waals surface area contributed by atoms with Crippen molar-refractivity contribution in [2.75, 3.05) is 11.5 Å². The molecule has 2 bridgehead atoms. The molecular formula is C30H27Cl2N3O5S. The second-order valence-electron chi connectivity index (χ2n) is 11.4. The summed E-state index contributed by atoms with van der Waals surface area (Å²) in [4.78, 5) is 19.3. The largest absolute Gasteiger partial charge is 0.491 e. The number of ether oxygens (including phenoxy) is 2. The molecule has 4 aromatic rings. The fourth-order valence-electron chi connectivity index (χ4n) is 6.85. The number of benzene rings is 2. The average Bonchev–Trinajstić information content (AvgIpc) is 3.24. The third-order valence-electron chi connectivity index (χ3n) is 8.90. The molecule has 4 aliphatic rings. The number of thiazole rings is 1. The van der Waals surface area contributed by atoms with E-state index in [1.54, 1.807) is 17.4 Å². The Morgan fingerprint density at radius 1 is 1.15 bits per heavy atom. The summed E-state index contributed by atoms with van der Waals surface area (Å²) in [6, 6.07) is 7.86. The van der Waals surface area contributed by atoms with E-state index in [4.69, 9.17) is 42.2 Å². The molecule has 8 nitrogen and oxygen atoms in total. The molecule has 8 rings (SSSR count). The van der Waals surface area contributed by atoms with E-state index in [1.807, 2.05) is 18.2 Å². The first-order chi connectivity index (χ1) is 20.0. The Labute approximate surface area is 250 Å². The van der Waals surface area contributed by atoms with Crippen LogP contribution < -0.4 is 9.64 Å². The van der Waals surface area contributed by atoms with Crippen LogP contribution in [0.2, 0.25) is 10.0 Å². The normalized spacial score (nSPS) is 23.3. The molecule has 3 fully saturated rings. The molecule has 2 aromatic carbocycles. The van der Waals surface area contributed by atoms with Gasteiger partial charge in [-0.2, -0.15) is 0 Å². The van der Waals surface area contributed by atoms with E-state index in [2.05, 4.69) is 10.1 Å². The van der Waals surface area contributed by atoms with Gasteiger partial charge in [0.05, 0.1) is 39.6 Å². The minimum absolute atomic E-state index is 0.0980. The van der Waals surface area contributed by atoms with Crippen molar-refractivity contribution < 1.29 is 23.9 Å². The van der Waals surface area contributed by atoms with Crippen molar-refractivity contribution in [3.63, 3.8) is 0 Å². The van der Waals surface area contributed by atoms with E-state index in [1.165, 1.54) is 0 Å². The number of aromatic carboxylic acids is 1. The molecule has 0 spiro atoms. The van der Waals surface area contributed by atoms with Gasteiger partial charge in [0.15, 0.2) is 10.9 Å². The Kier molecular flexibility index (Phi) is 6.21. The van der Waals surface area contributed by atoms with Crippen LogP contribution in [-0.2, 0) is 17.8 Å². The highest BCUT2D eigenvalue weighted by molar-refractivity contribution is 7.22. The SMILES string of the molecule is O=C(O)c1cc2sc(N3[C@@H]4CC[C@H]3CC(OCc3c(-c5c(Cl)cccc5Cl)noc3C3CC3)C4)nc2c2c1CCO2. The van der Waals surface area contributed by atoms with Crippen molar-refractivity contribution >= 4 is 55.9 Å². The zero-order valence-electron chi connectivity index (χ0n) is 22.1. The number of carboxylic acids is 1. The summed E-state index contributed by atoms with van der Waals surface area (Å²) >= 11 is 14.6. The first-order valence-corrected chi connectivity index (χ1v) is 15.7. The second kappa shape index (κ2) is 9.87. The van der Waals surface area contributed by atoms with Crippen LogP contribution in [0.3, 0.4) is 0 Å². The van der Waals surface area contributed by atoms with Crippen molar-refractivity contribution in [2.45, 2.75) is 75.7 Å². The Bertz CT molecular complexity index is 1660. The van der Waals surface area contributed by atoms with E-state index >= 15 is 0 Å². The maximum atomic E-state index is 11.9. The molecule has 212 valence electrons. The zero-order chi connectivity index (χ0) is 27.8. The fraction of sp³-hybridized carbons (Fsp3) is 0.433. The minimum Gasteiger partial charge on any atom is -0.491 e. The quantitative estimate of drug-likeness (QED) is 0.229. The summed E-state index contributed by atoms with van der Waals surface area (Å²) in [5.41, 5.74) is 4.18. The van der Waals surface area contributed by atoms with E-state index in [0.717, 1.165) is 70.8 Å². The summed E-state index contributed by atoms with van der Waals surface area (Å²) in [6.45, 7) is 0.896. The molecule has 3 aliphatic heterocycles. The lowest BCUT2D eigenvalue weighted by Crippen LogP contribution is -2.45. The molecule has 1 unspecified atom stereocenters. The summed E-state index contributed by atoms with van der Waals surface area (Å²) in [5, 5.41) is 16.2. The van der Waals surface area contributed by atoms with Crippen LogP contribution in [0.5, 0.6) is 5.75 Å². The first-order valence-electron chi connectivity index (χ1n) is 14.1. The Balaban J connectivity index is 1.04. The first kappa shape index (κ1) is 25.8. The van der Waals surface area contributed by atoms with Gasteiger partial charge in [-0.25, -0.2) is 9.78 Å². The molecule has 41 heavy (non-hydrogen) atoms. The molecule has 1 aliphatic carbocycles. The number of nitrogens with zero attached hydrogens (tertiary/aromatic N) is 3. The predicted molar refractivity (Wildman–Crippen MR) is 157 cm³/mol. The van der Waals surface area contributed by atoms with Gasteiger partial charge >= 0.3 is 5.97 Å². The molecule has 1 N–H and O–H groups in total. The number of hydrogen-bond donors (Lipinski definition) is 1. The second-order valence-corrected chi connectivity index (χ2v) is 13.2. The number of rotatable bonds is 7. The standard InChI is InChI=1S/C30H27Cl2N3O5S/c31-21-2-1-3-22(32)24(21)25-20(27(40-34-25)14-4-5-14)13-39-17-10-15-6-7-16(11-17)35(15)30-33-26-23(41-30)12-19(29(36)37)18-8-9-38-28(18)26/h1-3,12,14-17H,4-11,13H2,(H,36,37)/t15-,16+,17?. The van der Waals surface area contributed by atoms with Crippen molar-refractivity contribution in [2.24, 2.45) is 0 Å². The van der Waals surface area contributed by atoms with Gasteiger partial charge in [-0.3, -0.25) is 0 Å². The van der Waals surface area contributed by atoms with E-state index < -0.39 is 5.97 Å². The van der Waals surface area contributed by atoms with Gasteiger partial charge in [0.2, 0.25) is 0 Å². The number of aromatic nitrogens is 2. The summed E-state index contributed by atoms with van der Waals surface area (Å²) in [5.74, 6) is 0.989. The van der Waals surface area contributed by atoms with Crippen LogP contribution in [0.25, 0.3) is 21.5 Å². The van der Waals surface area contributed by atoms with Crippen molar-refractivity contribution in [1.29, 1.82) is 0 Å². The van der Waals surface area contributed by atoms with Gasteiger partial charge < -0.3 is 24.0 Å². The van der Waals surface area contributed by atoms with E-state index in [9.17, 15) is 9.90 Å². The lowest BCUT2D eigenvalue weighted by Gasteiger charge is -2.38. The van der Waals surface area contributed by atoms with Crippen molar-refractivity contribution in [3.05, 3.63) is 56.8 Å². The van der Waals surface area contributed by atoms with Crippen LogP contribution in [0, 0.1) is 0 Å². The molecular weight excluding hydrogens is 585 g/mol. The third kappa shape index (κ3) is 4.31. The summed E-state index contributed by atoms with van der Waals surface area (Å²) in [6.07, 6.45) is 6.83. The monoisotopic (exact) mass is 611 g/mol. The van der Waals surface area contributed by atoms with Crippen LogP contribution >= 0.6 is 34.5 Å². The number of carbonyl (C=O) groups is 1. The van der Waals surface area contributed by atoms with Gasteiger partial charge in [-0.15, -0.1) is 0 Å². The van der Waals surface area contributed by atoms with Gasteiger partial charge in [0.1, 0.15) is 17.0 Å². The molecule has 1 saturated carbocycles. The van der Waals surface area contributed by atoms with E-state index in [0.29, 0.717) is 70.3 Å². The van der Waals surface area contributed by atoms with Crippen molar-refractivity contribution in [1.82, 2.24) is 10.1 Å². The average molecular weight is 613 g/mol. The molecule has 11 heteroatoms. The molecule has 0 amide bonds. The topological polar surface area (TPSA) is 97.9 Å². The highest BCUT2D eigenvalue weighted by atomic mass is 35.5. The fourth-order valence-corrected chi connectivity index (χ4v) is 8.57. The summed E-state index contributed by atoms with van der Waals surface area (Å²) in [7, 11) is 0. The van der Waals surface area contributed by atoms with Crippen molar-refractivity contribution in [3.8, 4) is 17.0 Å². The maximum Gasteiger partial charge on any atom is 0.336 e. The van der Waals surface area contributed by atoms with Gasteiger partial charge in [-0.1, -0.05) is 45.8 Å². The van der Waals surface area contributed by atoms with Gasteiger partial charge in [0.25, 0.3) is 0 Å². The summed E-state index contributed by atoms with van der Waals surface area (Å²) < 4.78 is 19.1. The molecule has 3 atom stereocenters. The minimum atomic E-state index is -0.917. The molecule has 0 radical (unpaired) electrons. The van der Waals surface area contributed by atoms with Gasteiger partial charge in [0, 0.05) is 41.1 Å². The number of fused-ring (bicyclic) bond motifs is 5. The lowest BCUT2D eigenvalue weighted by atomic mass is 10.00. The number of hydrogen-bond acceptors (Lipinski definition) is 8. The number of piperidine rings is 1. The van der Waals surface area contributed by atoms with Gasteiger partial charge in [-0.05, 0) is 56.7 Å². The predicted octanol–water partition coefficient (Wildman–Crippen LogP) is 7.49. The smallest absolute Gasteiger partial charge is 0.336 e. The highest BCUT2D eigenvalue weighted by Gasteiger charge is 2.43. The maximum absolute atomic E-state index is 11.9.